The van der Waals surface area contributed by atoms with Crippen LogP contribution in [0, 0.1) is 0 Å². The van der Waals surface area contributed by atoms with Gasteiger partial charge in [0.15, 0.2) is 0 Å². The van der Waals surface area contributed by atoms with Crippen LogP contribution in [0.1, 0.15) is 26.7 Å². The van der Waals surface area contributed by atoms with E-state index in [1.807, 2.05) is 0 Å². The van der Waals surface area contributed by atoms with Gasteiger partial charge in [0, 0.05) is 24.8 Å². The predicted octanol–water partition coefficient (Wildman–Crippen LogP) is -0.452. The van der Waals surface area contributed by atoms with Crippen LogP contribution in [0.4, 0.5) is 0 Å². The zero-order valence-corrected chi connectivity index (χ0v) is 11.6. The van der Waals surface area contributed by atoms with E-state index in [-0.39, 0.29) is 42.3 Å². The number of amides is 2. The van der Waals surface area contributed by atoms with Gasteiger partial charge in [-0.3, -0.25) is 9.59 Å². The summed E-state index contributed by atoms with van der Waals surface area (Å²) in [5, 5.41) is 2.52. The van der Waals surface area contributed by atoms with Gasteiger partial charge in [-0.05, 0) is 13.3 Å². The molecule has 0 saturated carbocycles. The Labute approximate surface area is 108 Å². The highest BCUT2D eigenvalue weighted by Crippen LogP contribution is 2.09. The largest absolute Gasteiger partial charge is 0.347 e. The van der Waals surface area contributed by atoms with Crippen molar-refractivity contribution in [3.63, 3.8) is 0 Å². The normalized spacial score (nSPS) is 21.7. The first kappa shape index (κ1) is 14.9. The smallest absolute Gasteiger partial charge is 0.242 e. The molecule has 0 aromatic carbocycles. The number of carbonyl (C=O) groups is 2. The van der Waals surface area contributed by atoms with Crippen LogP contribution in [-0.2, 0) is 19.4 Å². The Morgan fingerprint density at radius 2 is 2.06 bits per heavy atom. The quantitative estimate of drug-likeness (QED) is 0.737. The molecule has 1 aliphatic rings. The van der Waals surface area contributed by atoms with Gasteiger partial charge in [-0.2, -0.15) is 0 Å². The molecule has 0 radical (unpaired) electrons. The van der Waals surface area contributed by atoms with Crippen LogP contribution in [0.3, 0.4) is 0 Å². The minimum atomic E-state index is -3.00. The van der Waals surface area contributed by atoms with Crippen LogP contribution in [0.2, 0.25) is 0 Å². The van der Waals surface area contributed by atoms with Crippen molar-refractivity contribution in [2.75, 3.05) is 24.6 Å². The van der Waals surface area contributed by atoms with E-state index in [0.717, 1.165) is 0 Å². The van der Waals surface area contributed by atoms with Crippen molar-refractivity contribution in [1.82, 2.24) is 10.2 Å². The fourth-order valence-electron chi connectivity index (χ4n) is 1.92. The van der Waals surface area contributed by atoms with Gasteiger partial charge >= 0.3 is 0 Å². The minimum absolute atomic E-state index is 0.00367. The number of hydrogen-bond donors (Lipinski definition) is 1. The Morgan fingerprint density at radius 3 is 2.67 bits per heavy atom. The van der Waals surface area contributed by atoms with Gasteiger partial charge in [-0.15, -0.1) is 0 Å². The molecule has 1 rings (SSSR count). The van der Waals surface area contributed by atoms with Crippen LogP contribution < -0.4 is 5.32 Å². The summed E-state index contributed by atoms with van der Waals surface area (Å²) in [5.41, 5.74) is 0. The topological polar surface area (TPSA) is 83.6 Å². The molecule has 7 heteroatoms. The molecule has 1 heterocycles. The highest BCUT2D eigenvalue weighted by molar-refractivity contribution is 7.91. The number of carbonyl (C=O) groups excluding carboxylic acids is 2. The number of sulfone groups is 1. The maximum absolute atomic E-state index is 11.8. The molecule has 1 saturated heterocycles. The number of nitrogens with one attached hydrogen (secondary N) is 1. The number of nitrogens with zero attached hydrogens (tertiary/aromatic N) is 1. The van der Waals surface area contributed by atoms with Gasteiger partial charge < -0.3 is 10.2 Å². The number of rotatable bonds is 5. The van der Waals surface area contributed by atoms with Crippen molar-refractivity contribution in [3.05, 3.63) is 0 Å². The molecule has 1 N–H and O–H groups in total. The SMILES string of the molecule is CCS(=O)(=O)CCCN1C(=O)CNC(=O)CC1C. The van der Waals surface area contributed by atoms with E-state index in [1.165, 1.54) is 0 Å². The Morgan fingerprint density at radius 1 is 1.39 bits per heavy atom. The maximum atomic E-state index is 11.8. The van der Waals surface area contributed by atoms with E-state index in [0.29, 0.717) is 13.0 Å². The summed E-state index contributed by atoms with van der Waals surface area (Å²) in [6, 6.07) is -0.177. The lowest BCUT2D eigenvalue weighted by Gasteiger charge is -2.26. The zero-order valence-electron chi connectivity index (χ0n) is 10.8. The fourth-order valence-corrected chi connectivity index (χ4v) is 2.77. The van der Waals surface area contributed by atoms with Crippen LogP contribution in [0.25, 0.3) is 0 Å². The number of hydrogen-bond acceptors (Lipinski definition) is 4. The lowest BCUT2D eigenvalue weighted by molar-refractivity contribution is -0.131. The standard InChI is InChI=1S/C11H20N2O4S/c1-3-18(16,17)6-4-5-13-9(2)7-10(14)12-8-11(13)15/h9H,3-8H2,1-2H3,(H,12,14). The highest BCUT2D eigenvalue weighted by Gasteiger charge is 2.26. The van der Waals surface area contributed by atoms with E-state index in [9.17, 15) is 18.0 Å². The molecule has 0 bridgehead atoms. The molecule has 18 heavy (non-hydrogen) atoms. The van der Waals surface area contributed by atoms with Crippen molar-refractivity contribution in [1.29, 1.82) is 0 Å². The molecule has 2 amide bonds. The van der Waals surface area contributed by atoms with E-state index < -0.39 is 9.84 Å². The lowest BCUT2D eigenvalue weighted by Crippen LogP contribution is -2.40. The van der Waals surface area contributed by atoms with Gasteiger partial charge in [-0.25, -0.2) is 8.42 Å². The van der Waals surface area contributed by atoms with Crippen molar-refractivity contribution < 1.29 is 18.0 Å². The second kappa shape index (κ2) is 6.17. The molecule has 0 aromatic heterocycles. The Balaban J connectivity index is 2.54. The van der Waals surface area contributed by atoms with Gasteiger partial charge in [0.1, 0.15) is 9.84 Å². The summed E-state index contributed by atoms with van der Waals surface area (Å²) in [7, 11) is -3.00. The molecule has 0 aromatic rings. The van der Waals surface area contributed by atoms with Gasteiger partial charge in [0.25, 0.3) is 0 Å². The molecule has 6 nitrogen and oxygen atoms in total. The lowest BCUT2D eigenvalue weighted by atomic mass is 10.2. The molecule has 0 aliphatic carbocycles. The van der Waals surface area contributed by atoms with Crippen LogP contribution >= 0.6 is 0 Å². The molecule has 0 spiro atoms. The second-order valence-electron chi connectivity index (χ2n) is 4.51. The monoisotopic (exact) mass is 276 g/mol. The summed E-state index contributed by atoms with van der Waals surface area (Å²) in [6.07, 6.45) is 0.687. The Kier molecular flexibility index (Phi) is 5.13. The third-order valence-electron chi connectivity index (χ3n) is 3.06. The molecule has 104 valence electrons. The van der Waals surface area contributed by atoms with E-state index in [1.54, 1.807) is 18.7 Å². The van der Waals surface area contributed by atoms with Gasteiger partial charge in [-0.1, -0.05) is 6.92 Å². The summed E-state index contributed by atoms with van der Waals surface area (Å²) in [4.78, 5) is 24.6. The Hall–Kier alpha value is -1.11. The van der Waals surface area contributed by atoms with Crippen molar-refractivity contribution >= 4 is 21.7 Å². The third kappa shape index (κ3) is 4.29. The summed E-state index contributed by atoms with van der Waals surface area (Å²) in [5.74, 6) is -0.0838. The first-order chi connectivity index (χ1) is 8.35. The molecule has 1 aliphatic heterocycles. The highest BCUT2D eigenvalue weighted by atomic mass is 32.2. The average molecular weight is 276 g/mol. The average Bonchev–Trinajstić information content (AvgIpc) is 2.41. The summed E-state index contributed by atoms with van der Waals surface area (Å²) < 4.78 is 22.7. The van der Waals surface area contributed by atoms with Gasteiger partial charge in [0.2, 0.25) is 11.8 Å². The van der Waals surface area contributed by atoms with Crippen molar-refractivity contribution in [2.45, 2.75) is 32.7 Å². The van der Waals surface area contributed by atoms with Crippen LogP contribution in [0.15, 0.2) is 0 Å². The third-order valence-corrected chi connectivity index (χ3v) is 4.85. The van der Waals surface area contributed by atoms with E-state index in [4.69, 9.17) is 0 Å². The zero-order chi connectivity index (χ0) is 13.8. The van der Waals surface area contributed by atoms with E-state index in [2.05, 4.69) is 5.32 Å². The van der Waals surface area contributed by atoms with E-state index >= 15 is 0 Å². The molecule has 1 unspecified atom stereocenters. The molecule has 1 fully saturated rings. The van der Waals surface area contributed by atoms with Crippen molar-refractivity contribution in [2.24, 2.45) is 0 Å². The summed E-state index contributed by atoms with van der Waals surface area (Å²) >= 11 is 0. The maximum Gasteiger partial charge on any atom is 0.242 e. The van der Waals surface area contributed by atoms with Crippen LogP contribution in [-0.4, -0.2) is 55.8 Å². The Bertz CT molecular complexity index is 419. The summed E-state index contributed by atoms with van der Waals surface area (Å²) in [6.45, 7) is 3.80. The minimum Gasteiger partial charge on any atom is -0.347 e. The van der Waals surface area contributed by atoms with Crippen molar-refractivity contribution in [3.8, 4) is 0 Å². The first-order valence-electron chi connectivity index (χ1n) is 6.12. The molecular weight excluding hydrogens is 256 g/mol. The molecule has 1 atom stereocenters. The predicted molar refractivity (Wildman–Crippen MR) is 67.7 cm³/mol. The molecular formula is C11H20N2O4S. The fraction of sp³-hybridized carbons (Fsp3) is 0.818. The first-order valence-corrected chi connectivity index (χ1v) is 7.94. The van der Waals surface area contributed by atoms with Crippen LogP contribution in [0.5, 0.6) is 0 Å². The van der Waals surface area contributed by atoms with Gasteiger partial charge in [0.05, 0.1) is 12.3 Å². The second-order valence-corrected chi connectivity index (χ2v) is 6.98.